The molecule has 1 aliphatic rings. The van der Waals surface area contributed by atoms with Crippen molar-refractivity contribution in [2.24, 2.45) is 0 Å². The molecule has 3 rings (SSSR count). The largest absolute Gasteiger partial charge is 0.385 e. The number of urea groups is 1. The third kappa shape index (κ3) is 4.60. The molecule has 2 amide bonds. The molecule has 6 nitrogen and oxygen atoms in total. The fraction of sp³-hybridized carbons (Fsp3) is 0.474. The topological polar surface area (TPSA) is 68.2 Å². The number of ether oxygens (including phenoxy) is 1. The number of carbonyl (C=O) groups is 1. The van der Waals surface area contributed by atoms with Crippen molar-refractivity contribution < 1.29 is 9.53 Å². The molecular weight excluding hydrogens is 316 g/mol. The maximum absolute atomic E-state index is 12.1. The van der Waals surface area contributed by atoms with Gasteiger partial charge in [-0.3, -0.25) is 4.68 Å². The van der Waals surface area contributed by atoms with Crippen molar-refractivity contribution in [1.82, 2.24) is 20.4 Å². The van der Waals surface area contributed by atoms with E-state index < -0.39 is 0 Å². The van der Waals surface area contributed by atoms with Crippen molar-refractivity contribution in [3.05, 3.63) is 53.3 Å². The predicted octanol–water partition coefficient (Wildman–Crippen LogP) is 2.64. The lowest BCUT2D eigenvalue weighted by atomic mass is 9.93. The van der Waals surface area contributed by atoms with Crippen LogP contribution in [0.3, 0.4) is 0 Å². The van der Waals surface area contributed by atoms with Gasteiger partial charge < -0.3 is 15.4 Å². The van der Waals surface area contributed by atoms with Crippen LogP contribution in [0.4, 0.5) is 4.79 Å². The number of amides is 2. The Morgan fingerprint density at radius 3 is 3.00 bits per heavy atom. The zero-order valence-electron chi connectivity index (χ0n) is 14.7. The standard InChI is InChI=1S/C19H26N4O2/c1-25-12-6-11-20-19(24)22-17-9-5-10-18-16(17)13-21-23(18)14-15-7-3-2-4-8-15/h2-4,7-8,13,17H,5-6,9-12,14H2,1H3,(H2,20,22,24)/t17-/m1/s1. The summed E-state index contributed by atoms with van der Waals surface area (Å²) >= 11 is 0. The fourth-order valence-electron chi connectivity index (χ4n) is 3.29. The molecule has 0 radical (unpaired) electrons. The van der Waals surface area contributed by atoms with Gasteiger partial charge in [-0.25, -0.2) is 4.79 Å². The number of methoxy groups -OCH3 is 1. The highest BCUT2D eigenvalue weighted by Gasteiger charge is 2.25. The first-order valence-electron chi connectivity index (χ1n) is 8.89. The van der Waals surface area contributed by atoms with Crippen molar-refractivity contribution in [2.45, 2.75) is 38.3 Å². The minimum absolute atomic E-state index is 0.0377. The molecule has 2 N–H and O–H groups in total. The molecule has 0 aliphatic heterocycles. The Morgan fingerprint density at radius 1 is 1.36 bits per heavy atom. The molecule has 0 saturated heterocycles. The third-order valence-electron chi connectivity index (χ3n) is 4.55. The Morgan fingerprint density at radius 2 is 2.20 bits per heavy atom. The minimum Gasteiger partial charge on any atom is -0.385 e. The van der Waals surface area contributed by atoms with E-state index in [0.29, 0.717) is 13.2 Å². The molecule has 1 aromatic carbocycles. The highest BCUT2D eigenvalue weighted by molar-refractivity contribution is 5.74. The zero-order valence-corrected chi connectivity index (χ0v) is 14.7. The van der Waals surface area contributed by atoms with E-state index in [-0.39, 0.29) is 12.1 Å². The van der Waals surface area contributed by atoms with Gasteiger partial charge in [-0.2, -0.15) is 5.10 Å². The number of benzene rings is 1. The van der Waals surface area contributed by atoms with E-state index in [9.17, 15) is 4.79 Å². The van der Waals surface area contributed by atoms with E-state index in [1.54, 1.807) is 7.11 Å². The average Bonchev–Trinajstić information content (AvgIpc) is 3.04. The Hall–Kier alpha value is -2.34. The summed E-state index contributed by atoms with van der Waals surface area (Å²) in [6.07, 6.45) is 5.75. The maximum atomic E-state index is 12.1. The summed E-state index contributed by atoms with van der Waals surface area (Å²) < 4.78 is 7.05. The SMILES string of the molecule is COCCCNC(=O)N[C@@H]1CCCc2c1cnn2Cc1ccccc1. The van der Waals surface area contributed by atoms with E-state index >= 15 is 0 Å². The van der Waals surface area contributed by atoms with Gasteiger partial charge in [0.1, 0.15) is 0 Å². The smallest absolute Gasteiger partial charge is 0.315 e. The van der Waals surface area contributed by atoms with Gasteiger partial charge in [0.25, 0.3) is 0 Å². The normalized spacial score (nSPS) is 16.3. The first-order valence-corrected chi connectivity index (χ1v) is 8.89. The van der Waals surface area contributed by atoms with Gasteiger partial charge in [-0.05, 0) is 31.2 Å². The Balaban J connectivity index is 1.61. The van der Waals surface area contributed by atoms with Crippen LogP contribution in [0.5, 0.6) is 0 Å². The summed E-state index contributed by atoms with van der Waals surface area (Å²) in [6, 6.07) is 10.3. The van der Waals surface area contributed by atoms with Gasteiger partial charge >= 0.3 is 6.03 Å². The molecule has 0 saturated carbocycles. The molecule has 134 valence electrons. The lowest BCUT2D eigenvalue weighted by molar-refractivity contribution is 0.193. The first-order chi connectivity index (χ1) is 12.3. The quantitative estimate of drug-likeness (QED) is 0.760. The summed E-state index contributed by atoms with van der Waals surface area (Å²) in [5.41, 5.74) is 3.62. The maximum Gasteiger partial charge on any atom is 0.315 e. The van der Waals surface area contributed by atoms with Crippen molar-refractivity contribution >= 4 is 6.03 Å². The number of carbonyl (C=O) groups excluding carboxylic acids is 1. The van der Waals surface area contributed by atoms with Gasteiger partial charge in [0.2, 0.25) is 0 Å². The second-order valence-corrected chi connectivity index (χ2v) is 6.38. The second kappa shape index (κ2) is 8.67. The molecule has 0 bridgehead atoms. The molecule has 1 aromatic heterocycles. The Kier molecular flexibility index (Phi) is 6.06. The molecule has 2 aromatic rings. The summed E-state index contributed by atoms with van der Waals surface area (Å²) in [6.45, 7) is 2.04. The minimum atomic E-state index is -0.121. The number of hydrogen-bond acceptors (Lipinski definition) is 3. The number of fused-ring (bicyclic) bond motifs is 1. The number of rotatable bonds is 7. The van der Waals surface area contributed by atoms with Crippen LogP contribution in [-0.2, 0) is 17.7 Å². The van der Waals surface area contributed by atoms with E-state index in [1.807, 2.05) is 24.4 Å². The Labute approximate surface area is 148 Å². The van der Waals surface area contributed by atoms with E-state index in [4.69, 9.17) is 4.74 Å². The molecule has 0 unspecified atom stereocenters. The van der Waals surface area contributed by atoms with Crippen LogP contribution >= 0.6 is 0 Å². The number of hydrogen-bond donors (Lipinski definition) is 2. The molecule has 6 heteroatoms. The van der Waals surface area contributed by atoms with Gasteiger partial charge in [-0.15, -0.1) is 0 Å². The van der Waals surface area contributed by atoms with Crippen molar-refractivity contribution in [1.29, 1.82) is 0 Å². The van der Waals surface area contributed by atoms with Gasteiger partial charge in [-0.1, -0.05) is 30.3 Å². The van der Waals surface area contributed by atoms with Gasteiger partial charge in [0, 0.05) is 31.5 Å². The Bertz CT molecular complexity index is 684. The average molecular weight is 342 g/mol. The van der Waals surface area contributed by atoms with Gasteiger partial charge in [0.05, 0.1) is 18.8 Å². The molecule has 0 spiro atoms. The zero-order chi connectivity index (χ0) is 17.5. The lowest BCUT2D eigenvalue weighted by Crippen LogP contribution is -2.39. The van der Waals surface area contributed by atoms with Crippen LogP contribution in [0.2, 0.25) is 0 Å². The monoisotopic (exact) mass is 342 g/mol. The van der Waals surface area contributed by atoms with Crippen LogP contribution in [-0.4, -0.2) is 36.1 Å². The molecule has 1 aliphatic carbocycles. The summed E-state index contributed by atoms with van der Waals surface area (Å²) in [5.74, 6) is 0. The van der Waals surface area contributed by atoms with Gasteiger partial charge in [0.15, 0.2) is 0 Å². The van der Waals surface area contributed by atoms with Crippen LogP contribution in [0.25, 0.3) is 0 Å². The van der Waals surface area contributed by atoms with Crippen LogP contribution in [0.1, 0.15) is 42.1 Å². The molecule has 25 heavy (non-hydrogen) atoms. The molecule has 1 heterocycles. The van der Waals surface area contributed by atoms with Crippen molar-refractivity contribution in [2.75, 3.05) is 20.3 Å². The first kappa shape index (κ1) is 17.5. The van der Waals surface area contributed by atoms with Crippen LogP contribution in [0, 0.1) is 0 Å². The second-order valence-electron chi connectivity index (χ2n) is 6.38. The van der Waals surface area contributed by atoms with Crippen molar-refractivity contribution in [3.8, 4) is 0 Å². The highest BCUT2D eigenvalue weighted by atomic mass is 16.5. The molecule has 1 atom stereocenters. The summed E-state index contributed by atoms with van der Waals surface area (Å²) in [5, 5.41) is 10.5. The summed E-state index contributed by atoms with van der Waals surface area (Å²) in [4.78, 5) is 12.1. The lowest BCUT2D eigenvalue weighted by Gasteiger charge is -2.24. The van der Waals surface area contributed by atoms with Crippen molar-refractivity contribution in [3.63, 3.8) is 0 Å². The molecule has 0 fully saturated rings. The van der Waals surface area contributed by atoms with E-state index in [0.717, 1.165) is 37.8 Å². The fourth-order valence-corrected chi connectivity index (χ4v) is 3.29. The number of nitrogens with one attached hydrogen (secondary N) is 2. The van der Waals surface area contributed by atoms with E-state index in [2.05, 4.69) is 32.5 Å². The van der Waals surface area contributed by atoms with E-state index in [1.165, 1.54) is 11.3 Å². The predicted molar refractivity (Wildman–Crippen MR) is 96.5 cm³/mol. The highest BCUT2D eigenvalue weighted by Crippen LogP contribution is 2.29. The number of nitrogens with zero attached hydrogens (tertiary/aromatic N) is 2. The molecular formula is C19H26N4O2. The third-order valence-corrected chi connectivity index (χ3v) is 4.55. The number of aromatic nitrogens is 2. The summed E-state index contributed by atoms with van der Waals surface area (Å²) in [7, 11) is 1.66. The van der Waals surface area contributed by atoms with Crippen LogP contribution < -0.4 is 10.6 Å². The van der Waals surface area contributed by atoms with Crippen LogP contribution in [0.15, 0.2) is 36.5 Å².